The zero-order valence-electron chi connectivity index (χ0n) is 27.4. The number of hydrogen-bond donors (Lipinski definition) is 2. The fraction of sp³-hybridized carbons (Fsp3) is 0.600. The lowest BCUT2D eigenvalue weighted by Gasteiger charge is -2.35. The van der Waals surface area contributed by atoms with E-state index in [4.69, 9.17) is 9.26 Å². The Morgan fingerprint density at radius 3 is 2.67 bits per heavy atom. The highest BCUT2D eigenvalue weighted by atomic mass is 32.1. The van der Waals surface area contributed by atoms with E-state index in [2.05, 4.69) is 65.4 Å². The zero-order chi connectivity index (χ0) is 32.3. The molecule has 2 aromatic heterocycles. The third-order valence-corrected chi connectivity index (χ3v) is 9.90. The van der Waals surface area contributed by atoms with Gasteiger partial charge in [0, 0.05) is 31.0 Å². The number of carbonyl (C=O) groups excluding carboxylic acids is 2. The van der Waals surface area contributed by atoms with Gasteiger partial charge in [0.15, 0.2) is 0 Å². The summed E-state index contributed by atoms with van der Waals surface area (Å²) in [7, 11) is 0. The Bertz CT molecular complexity index is 1340. The Labute approximate surface area is 271 Å². The van der Waals surface area contributed by atoms with Gasteiger partial charge < -0.3 is 24.5 Å². The van der Waals surface area contributed by atoms with Crippen molar-refractivity contribution in [3.8, 4) is 16.3 Å². The number of likely N-dealkylation sites (tertiary alicyclic amines) is 1. The van der Waals surface area contributed by atoms with Crippen LogP contribution in [0.15, 0.2) is 40.4 Å². The number of β-amino-alcohol motifs (C(OH)–C–C–N with tert-alkyl or cyclic N) is 1. The first-order valence-electron chi connectivity index (χ1n) is 16.5. The molecule has 0 bridgehead atoms. The van der Waals surface area contributed by atoms with Gasteiger partial charge in [-0.15, -0.1) is 11.3 Å². The van der Waals surface area contributed by atoms with Crippen LogP contribution in [0.2, 0.25) is 0 Å². The summed E-state index contributed by atoms with van der Waals surface area (Å²) in [6.45, 7) is 11.5. The quantitative estimate of drug-likeness (QED) is 0.115. The van der Waals surface area contributed by atoms with E-state index in [1.807, 2.05) is 25.4 Å². The molecule has 1 saturated heterocycles. The van der Waals surface area contributed by atoms with Crippen molar-refractivity contribution in [2.45, 2.75) is 116 Å². The van der Waals surface area contributed by atoms with Crippen molar-refractivity contribution in [1.29, 1.82) is 0 Å². The monoisotopic (exact) mass is 638 g/mol. The molecule has 5 atom stereocenters. The second-order valence-electron chi connectivity index (χ2n) is 12.7. The molecule has 2 N–H and O–H groups in total. The minimum absolute atomic E-state index is 0.0473. The summed E-state index contributed by atoms with van der Waals surface area (Å²) in [6.07, 6.45) is 6.69. The first-order chi connectivity index (χ1) is 21.7. The van der Waals surface area contributed by atoms with Crippen molar-refractivity contribution >= 4 is 23.5 Å². The molecule has 1 aliphatic rings. The number of aldehydes is 1. The Balaban J connectivity index is 1.44. The van der Waals surface area contributed by atoms with Crippen LogP contribution in [0.4, 0.5) is 0 Å². The molecule has 9 nitrogen and oxygen atoms in total. The second kappa shape index (κ2) is 17.0. The average Bonchev–Trinajstić information content (AvgIpc) is 3.77. The third-order valence-electron chi connectivity index (χ3n) is 8.93. The molecule has 0 aliphatic carbocycles. The van der Waals surface area contributed by atoms with Gasteiger partial charge in [0.05, 0.1) is 40.9 Å². The number of carbonyl (C=O) groups is 2. The van der Waals surface area contributed by atoms with Gasteiger partial charge >= 0.3 is 0 Å². The van der Waals surface area contributed by atoms with E-state index in [9.17, 15) is 14.7 Å². The van der Waals surface area contributed by atoms with Crippen molar-refractivity contribution in [3.63, 3.8) is 0 Å². The number of aryl methyl sites for hydroxylation is 1. The molecule has 45 heavy (non-hydrogen) atoms. The van der Waals surface area contributed by atoms with E-state index in [1.165, 1.54) is 0 Å². The van der Waals surface area contributed by atoms with Crippen LogP contribution in [0.5, 0.6) is 5.88 Å². The summed E-state index contributed by atoms with van der Waals surface area (Å²) >= 11 is 1.63. The van der Waals surface area contributed by atoms with Gasteiger partial charge in [0.25, 0.3) is 5.88 Å². The highest BCUT2D eigenvalue weighted by molar-refractivity contribution is 7.13. The molecule has 3 heterocycles. The van der Waals surface area contributed by atoms with Gasteiger partial charge in [-0.1, -0.05) is 57.9 Å². The van der Waals surface area contributed by atoms with E-state index in [1.54, 1.807) is 11.3 Å². The third kappa shape index (κ3) is 9.47. The number of aliphatic hydroxyl groups excluding tert-OH is 1. The molecule has 10 heteroatoms. The normalized spacial score (nSPS) is 19.0. The highest BCUT2D eigenvalue weighted by Crippen LogP contribution is 2.36. The molecule has 0 saturated carbocycles. The minimum Gasteiger partial charge on any atom is -0.476 e. The Kier molecular flexibility index (Phi) is 13.1. The molecule has 1 aromatic carbocycles. The van der Waals surface area contributed by atoms with Crippen LogP contribution in [0, 0.1) is 12.8 Å². The van der Waals surface area contributed by atoms with Crippen LogP contribution in [-0.2, 0) is 9.59 Å². The van der Waals surface area contributed by atoms with Crippen molar-refractivity contribution in [1.82, 2.24) is 20.4 Å². The number of rotatable bonds is 18. The summed E-state index contributed by atoms with van der Waals surface area (Å²) in [5.41, 5.74) is 5.04. The van der Waals surface area contributed by atoms with Crippen LogP contribution >= 0.6 is 11.3 Å². The summed E-state index contributed by atoms with van der Waals surface area (Å²) < 4.78 is 11.6. The molecule has 1 aliphatic heterocycles. The van der Waals surface area contributed by atoms with Crippen LogP contribution in [-0.4, -0.2) is 63.7 Å². The number of aliphatic hydroxyl groups is 1. The summed E-state index contributed by atoms with van der Waals surface area (Å²) in [4.78, 5) is 32.1. The number of unbranched alkanes of at least 4 members (excludes halogenated alkanes) is 3. The maximum atomic E-state index is 13.8. The Hall–Kier alpha value is -3.08. The van der Waals surface area contributed by atoms with Gasteiger partial charge in [-0.2, -0.15) is 0 Å². The molecule has 246 valence electrons. The lowest BCUT2D eigenvalue weighted by atomic mass is 9.85. The maximum Gasteiger partial charge on any atom is 0.254 e. The molecule has 0 spiro atoms. The molecule has 0 radical (unpaired) electrons. The highest BCUT2D eigenvalue weighted by Gasteiger charge is 2.41. The Morgan fingerprint density at radius 1 is 1.22 bits per heavy atom. The summed E-state index contributed by atoms with van der Waals surface area (Å²) in [6, 6.07) is 9.72. The van der Waals surface area contributed by atoms with Crippen LogP contribution in [0.1, 0.15) is 108 Å². The van der Waals surface area contributed by atoms with E-state index >= 15 is 0 Å². The van der Waals surface area contributed by atoms with Gasteiger partial charge in [0.1, 0.15) is 12.0 Å². The molecule has 2 unspecified atom stereocenters. The van der Waals surface area contributed by atoms with Crippen LogP contribution < -0.4 is 10.1 Å². The lowest BCUT2D eigenvalue weighted by molar-refractivity contribution is -0.127. The van der Waals surface area contributed by atoms with Crippen molar-refractivity contribution in [2.24, 2.45) is 5.92 Å². The minimum atomic E-state index is -0.552. The van der Waals surface area contributed by atoms with E-state index < -0.39 is 12.1 Å². The second-order valence-corrected chi connectivity index (χ2v) is 13.5. The molecule has 3 aromatic rings. The smallest absolute Gasteiger partial charge is 0.254 e. The number of thiazole rings is 1. The standard InChI is InChI=1S/C35H50N4O5S/c1-6-7-11-28(18-30(23(2)3)32-20-33(38-44-32)43-17-10-8-9-16-40)39-21-29(41)19-31(39)35(42)37-24(4)26-12-14-27(15-13-26)34-25(5)36-22-45-34/h12-16,20,22-24,28-31,41H,6-11,17-19,21H2,1-5H3,(H,37,42)/t24-,28?,29+,30?,31-/m0/s1. The van der Waals surface area contributed by atoms with Gasteiger partial charge in [-0.25, -0.2) is 4.98 Å². The Morgan fingerprint density at radius 2 is 2.00 bits per heavy atom. The lowest BCUT2D eigenvalue weighted by Crippen LogP contribution is -2.48. The zero-order valence-corrected chi connectivity index (χ0v) is 28.2. The summed E-state index contributed by atoms with van der Waals surface area (Å²) in [5, 5.41) is 18.2. The fourth-order valence-corrected chi connectivity index (χ4v) is 7.10. The van der Waals surface area contributed by atoms with Crippen LogP contribution in [0.3, 0.4) is 0 Å². The molecular weight excluding hydrogens is 588 g/mol. The fourth-order valence-electron chi connectivity index (χ4n) is 6.28. The summed E-state index contributed by atoms with van der Waals surface area (Å²) in [5.74, 6) is 1.55. The number of nitrogens with one attached hydrogen (secondary N) is 1. The predicted molar refractivity (Wildman–Crippen MR) is 177 cm³/mol. The SMILES string of the molecule is CCCCC(CC(c1cc(OCCCCC=O)no1)C(C)C)N1C[C@H](O)C[C@H]1C(=O)N[C@@H](C)c1ccc(-c2scnc2C)cc1. The number of amides is 1. The van der Waals surface area contributed by atoms with Crippen molar-refractivity contribution in [2.75, 3.05) is 13.2 Å². The average molecular weight is 639 g/mol. The van der Waals surface area contributed by atoms with Gasteiger partial charge in [-0.05, 0) is 68.2 Å². The number of nitrogens with zero attached hydrogens (tertiary/aromatic N) is 3. The predicted octanol–water partition coefficient (Wildman–Crippen LogP) is 6.86. The van der Waals surface area contributed by atoms with Crippen LogP contribution in [0.25, 0.3) is 10.4 Å². The maximum absolute atomic E-state index is 13.8. The van der Waals surface area contributed by atoms with Gasteiger partial charge in [-0.3, -0.25) is 9.69 Å². The molecule has 1 fully saturated rings. The first-order valence-corrected chi connectivity index (χ1v) is 17.4. The van der Waals surface area contributed by atoms with Crippen molar-refractivity contribution < 1.29 is 24.0 Å². The number of hydrogen-bond acceptors (Lipinski definition) is 9. The first kappa shape index (κ1) is 34.8. The van der Waals surface area contributed by atoms with E-state index in [0.717, 1.165) is 72.3 Å². The van der Waals surface area contributed by atoms with Crippen molar-refractivity contribution in [3.05, 3.63) is 52.9 Å². The number of benzene rings is 1. The molecular formula is C35H50N4O5S. The topological polar surface area (TPSA) is 118 Å². The van der Waals surface area contributed by atoms with Gasteiger partial charge in [0.2, 0.25) is 5.91 Å². The number of aromatic nitrogens is 2. The largest absolute Gasteiger partial charge is 0.476 e. The van der Waals surface area contributed by atoms with E-state index in [-0.39, 0.29) is 29.8 Å². The molecule has 1 amide bonds. The van der Waals surface area contributed by atoms with E-state index in [0.29, 0.717) is 31.9 Å². The number of ether oxygens (including phenoxy) is 1. The molecule has 4 rings (SSSR count).